The second-order valence-electron chi connectivity index (χ2n) is 6.40. The molecule has 1 aromatic carbocycles. The van der Waals surface area contributed by atoms with Gasteiger partial charge in [-0.25, -0.2) is 0 Å². The molecule has 31 heavy (non-hydrogen) atoms. The molecule has 0 radical (unpaired) electrons. The lowest BCUT2D eigenvalue weighted by Gasteiger charge is -2.16. The summed E-state index contributed by atoms with van der Waals surface area (Å²) in [5.74, 6) is -0.350. The fraction of sp³-hybridized carbons (Fsp3) is 0.364. The van der Waals surface area contributed by atoms with Crippen molar-refractivity contribution in [3.63, 3.8) is 0 Å². The fourth-order valence-electron chi connectivity index (χ4n) is 2.80. The van der Waals surface area contributed by atoms with Gasteiger partial charge in [0.15, 0.2) is 0 Å². The Bertz CT molecular complexity index is 918. The van der Waals surface area contributed by atoms with E-state index < -0.39 is 0 Å². The molecule has 1 aliphatic rings. The van der Waals surface area contributed by atoms with Gasteiger partial charge in [-0.05, 0) is 31.6 Å². The highest BCUT2D eigenvalue weighted by Gasteiger charge is 2.19. The van der Waals surface area contributed by atoms with E-state index in [4.69, 9.17) is 19.2 Å². The van der Waals surface area contributed by atoms with Gasteiger partial charge in [0.2, 0.25) is 0 Å². The second-order valence-corrected chi connectivity index (χ2v) is 7.31. The molecule has 0 bridgehead atoms. The number of hydrogen-bond donors (Lipinski definition) is 0. The molecule has 0 N–H and O–H groups in total. The van der Waals surface area contributed by atoms with Crippen LogP contribution in [0.4, 0.5) is 0 Å². The van der Waals surface area contributed by atoms with E-state index in [9.17, 15) is 4.79 Å². The fourth-order valence-corrected chi connectivity index (χ4v) is 3.06. The third-order valence-corrected chi connectivity index (χ3v) is 4.81. The molecule has 0 fully saturated rings. The maximum Gasteiger partial charge on any atom is 0.309 e. The summed E-state index contributed by atoms with van der Waals surface area (Å²) in [6.07, 6.45) is 4.45. The van der Waals surface area contributed by atoms with Gasteiger partial charge in [0.05, 0.1) is 19.2 Å². The minimum Gasteiger partial charge on any atom is -0.469 e. The van der Waals surface area contributed by atoms with Crippen LogP contribution in [0.2, 0.25) is 0 Å². The number of rotatable bonds is 10. The van der Waals surface area contributed by atoms with Gasteiger partial charge in [-0.15, -0.1) is 0 Å². The van der Waals surface area contributed by atoms with Crippen LogP contribution in [-0.2, 0) is 24.0 Å². The minimum atomic E-state index is -0.350. The number of allylic oxidation sites excluding steroid dienone is 2. The van der Waals surface area contributed by atoms with E-state index in [-0.39, 0.29) is 19.0 Å². The summed E-state index contributed by atoms with van der Waals surface area (Å²) < 4.78 is 5.74. The average molecular weight is 492 g/mol. The summed E-state index contributed by atoms with van der Waals surface area (Å²) in [6, 6.07) is 7.65. The first-order valence-electron chi connectivity index (χ1n) is 9.68. The van der Waals surface area contributed by atoms with Crippen molar-refractivity contribution in [1.82, 2.24) is 0 Å². The zero-order valence-corrected chi connectivity index (χ0v) is 19.6. The van der Waals surface area contributed by atoms with Crippen LogP contribution >= 0.6 is 15.9 Å². The summed E-state index contributed by atoms with van der Waals surface area (Å²) >= 11 is 3.43. The van der Waals surface area contributed by atoms with Crippen LogP contribution in [0, 0.1) is 0 Å². The SMILES string of the molecule is CCON=C(C(C)=NOCC1=C(CC(=O)OC)C=CCC1=NOC)c1ccc(Br)cc1. The second kappa shape index (κ2) is 12.7. The largest absolute Gasteiger partial charge is 0.469 e. The van der Waals surface area contributed by atoms with Crippen LogP contribution in [-0.4, -0.2) is 50.5 Å². The number of carbonyl (C=O) groups excluding carboxylic acids is 1. The quantitative estimate of drug-likeness (QED) is 0.274. The highest BCUT2D eigenvalue weighted by atomic mass is 79.9. The summed E-state index contributed by atoms with van der Waals surface area (Å²) in [7, 11) is 2.82. The van der Waals surface area contributed by atoms with Gasteiger partial charge in [0.25, 0.3) is 0 Å². The van der Waals surface area contributed by atoms with Crippen molar-refractivity contribution in [2.24, 2.45) is 15.5 Å². The predicted molar refractivity (Wildman–Crippen MR) is 123 cm³/mol. The molecule has 8 nitrogen and oxygen atoms in total. The number of benzene rings is 1. The molecule has 0 atom stereocenters. The van der Waals surface area contributed by atoms with Crippen molar-refractivity contribution in [2.45, 2.75) is 26.7 Å². The Morgan fingerprint density at radius 3 is 2.52 bits per heavy atom. The van der Waals surface area contributed by atoms with E-state index in [0.717, 1.165) is 21.2 Å². The Labute approximate surface area is 190 Å². The van der Waals surface area contributed by atoms with Crippen molar-refractivity contribution in [3.8, 4) is 0 Å². The van der Waals surface area contributed by atoms with Gasteiger partial charge in [0.1, 0.15) is 31.7 Å². The van der Waals surface area contributed by atoms with Crippen LogP contribution in [0.5, 0.6) is 0 Å². The average Bonchev–Trinajstić information content (AvgIpc) is 2.77. The lowest BCUT2D eigenvalue weighted by atomic mass is 9.94. The highest BCUT2D eigenvalue weighted by molar-refractivity contribution is 9.10. The monoisotopic (exact) mass is 491 g/mol. The molecule has 0 aromatic heterocycles. The first-order chi connectivity index (χ1) is 15.0. The Balaban J connectivity index is 2.25. The molecule has 1 aromatic rings. The summed E-state index contributed by atoms with van der Waals surface area (Å²) in [6.45, 7) is 4.18. The molecule has 0 saturated heterocycles. The van der Waals surface area contributed by atoms with E-state index in [2.05, 4.69) is 31.4 Å². The Morgan fingerprint density at radius 1 is 1.13 bits per heavy atom. The standard InChI is InChI=1S/C22H26BrN3O5/c1-5-30-26-22(16-9-11-18(23)12-10-16)15(2)24-31-14-19-17(13-21(27)28-3)7-6-8-20(19)25-29-4/h6-7,9-12H,5,8,13-14H2,1-4H3. The maximum absolute atomic E-state index is 11.8. The zero-order valence-electron chi connectivity index (χ0n) is 18.1. The van der Waals surface area contributed by atoms with Gasteiger partial charge < -0.3 is 19.2 Å². The smallest absolute Gasteiger partial charge is 0.309 e. The van der Waals surface area contributed by atoms with E-state index in [1.54, 1.807) is 6.92 Å². The van der Waals surface area contributed by atoms with Gasteiger partial charge >= 0.3 is 5.97 Å². The zero-order chi connectivity index (χ0) is 22.6. The highest BCUT2D eigenvalue weighted by Crippen LogP contribution is 2.21. The van der Waals surface area contributed by atoms with E-state index in [1.165, 1.54) is 14.2 Å². The van der Waals surface area contributed by atoms with Crippen molar-refractivity contribution >= 4 is 39.0 Å². The molecular weight excluding hydrogens is 466 g/mol. The van der Waals surface area contributed by atoms with Crippen molar-refractivity contribution in [2.75, 3.05) is 27.4 Å². The minimum absolute atomic E-state index is 0.104. The van der Waals surface area contributed by atoms with Crippen LogP contribution in [0.3, 0.4) is 0 Å². The first kappa shape index (κ1) is 24.3. The van der Waals surface area contributed by atoms with Crippen LogP contribution in [0.25, 0.3) is 0 Å². The number of nitrogens with zero attached hydrogens (tertiary/aromatic N) is 3. The number of methoxy groups -OCH3 is 1. The lowest BCUT2D eigenvalue weighted by Crippen LogP contribution is -2.17. The Hall–Kier alpha value is -2.94. The van der Waals surface area contributed by atoms with E-state index >= 15 is 0 Å². The topological polar surface area (TPSA) is 91.1 Å². The van der Waals surface area contributed by atoms with Crippen LogP contribution in [0.1, 0.15) is 32.3 Å². The lowest BCUT2D eigenvalue weighted by molar-refractivity contribution is -0.139. The van der Waals surface area contributed by atoms with Crippen molar-refractivity contribution in [1.29, 1.82) is 0 Å². The molecule has 0 amide bonds. The van der Waals surface area contributed by atoms with Gasteiger partial charge in [-0.1, -0.05) is 55.7 Å². The number of halogens is 1. The molecule has 0 heterocycles. The molecule has 166 valence electrons. The molecule has 1 aliphatic carbocycles. The number of carbonyl (C=O) groups is 1. The molecule has 2 rings (SSSR count). The van der Waals surface area contributed by atoms with Crippen molar-refractivity contribution in [3.05, 3.63) is 57.6 Å². The molecule has 0 unspecified atom stereocenters. The van der Waals surface area contributed by atoms with Gasteiger partial charge in [-0.3, -0.25) is 4.79 Å². The first-order valence-corrected chi connectivity index (χ1v) is 10.5. The van der Waals surface area contributed by atoms with Gasteiger partial charge in [0, 0.05) is 22.0 Å². The predicted octanol–water partition coefficient (Wildman–Crippen LogP) is 4.40. The number of hydrogen-bond acceptors (Lipinski definition) is 8. The molecule has 0 spiro atoms. The summed E-state index contributed by atoms with van der Waals surface area (Å²) in [5.41, 5.74) is 4.10. The number of ether oxygens (including phenoxy) is 1. The van der Waals surface area contributed by atoms with E-state index in [0.29, 0.717) is 30.2 Å². The molecular formula is C22H26BrN3O5. The summed E-state index contributed by atoms with van der Waals surface area (Å²) in [5, 5.41) is 12.5. The number of oxime groups is 3. The molecule has 0 aliphatic heterocycles. The van der Waals surface area contributed by atoms with Crippen LogP contribution in [0.15, 0.2) is 67.5 Å². The third kappa shape index (κ3) is 7.36. The molecule has 9 heteroatoms. The Kier molecular flexibility index (Phi) is 9.96. The number of esters is 1. The normalized spacial score (nSPS) is 15.8. The summed E-state index contributed by atoms with van der Waals surface area (Å²) in [4.78, 5) is 27.6. The van der Waals surface area contributed by atoms with E-state index in [1.807, 2.05) is 43.3 Å². The molecule has 0 saturated carbocycles. The maximum atomic E-state index is 11.8. The third-order valence-electron chi connectivity index (χ3n) is 4.29. The Morgan fingerprint density at radius 2 is 1.87 bits per heavy atom. The van der Waals surface area contributed by atoms with Crippen LogP contribution < -0.4 is 0 Å². The van der Waals surface area contributed by atoms with Gasteiger partial charge in [-0.2, -0.15) is 0 Å². The van der Waals surface area contributed by atoms with Crippen molar-refractivity contribution < 1.29 is 24.0 Å².